The second-order valence-electron chi connectivity index (χ2n) is 7.78. The minimum absolute atomic E-state index is 0.0152. The molecule has 2 N–H and O–H groups in total. The molecule has 0 heterocycles. The molecule has 1 amide bonds. The summed E-state index contributed by atoms with van der Waals surface area (Å²) < 4.78 is 104. The molecule has 0 saturated heterocycles. The molecule has 12 heteroatoms. The molecule has 1 aliphatic carbocycles. The molecule has 2 unspecified atom stereocenters. The largest absolute Gasteiger partial charge is 0.416 e. The van der Waals surface area contributed by atoms with Gasteiger partial charge in [0.25, 0.3) is 15.9 Å². The molecule has 0 spiro atoms. The molecule has 33 heavy (non-hydrogen) atoms. The number of halogens is 6. The van der Waals surface area contributed by atoms with Crippen molar-refractivity contribution in [3.63, 3.8) is 0 Å². The van der Waals surface area contributed by atoms with Crippen molar-refractivity contribution in [2.45, 2.75) is 49.0 Å². The van der Waals surface area contributed by atoms with Crippen molar-refractivity contribution in [3.05, 3.63) is 59.7 Å². The van der Waals surface area contributed by atoms with Gasteiger partial charge in [-0.1, -0.05) is 12.5 Å². The van der Waals surface area contributed by atoms with Crippen LogP contribution in [0.4, 0.5) is 32.0 Å². The van der Waals surface area contributed by atoms with Crippen LogP contribution >= 0.6 is 0 Å². The molecule has 1 aliphatic rings. The Labute approximate surface area is 186 Å². The van der Waals surface area contributed by atoms with Crippen molar-refractivity contribution in [2.24, 2.45) is 5.92 Å². The number of sulfonamides is 1. The summed E-state index contributed by atoms with van der Waals surface area (Å²) in [6.07, 6.45) is -8.44. The van der Waals surface area contributed by atoms with Crippen molar-refractivity contribution >= 4 is 21.6 Å². The predicted molar refractivity (Wildman–Crippen MR) is 108 cm³/mol. The van der Waals surface area contributed by atoms with E-state index in [2.05, 4.69) is 5.32 Å². The lowest BCUT2D eigenvalue weighted by atomic mass is 9.85. The summed E-state index contributed by atoms with van der Waals surface area (Å²) >= 11 is 0. The SMILES string of the molecule is O=C(NC1CCCC(C(F)(F)F)C1)c1ccc(S(=O)(=O)Nc2cccc(C(F)(F)F)c2)cc1. The highest BCUT2D eigenvalue weighted by Crippen LogP contribution is 2.37. The Morgan fingerprint density at radius 1 is 0.939 bits per heavy atom. The van der Waals surface area contributed by atoms with Gasteiger partial charge in [0, 0.05) is 17.3 Å². The zero-order chi connectivity index (χ0) is 24.4. The second kappa shape index (κ2) is 9.24. The normalized spacial score (nSPS) is 19.7. The van der Waals surface area contributed by atoms with Gasteiger partial charge in [-0.25, -0.2) is 8.42 Å². The van der Waals surface area contributed by atoms with Crippen molar-refractivity contribution in [1.82, 2.24) is 5.32 Å². The summed E-state index contributed by atoms with van der Waals surface area (Å²) in [5, 5.41) is 2.55. The molecular weight excluding hydrogens is 474 g/mol. The van der Waals surface area contributed by atoms with Gasteiger partial charge < -0.3 is 5.32 Å². The van der Waals surface area contributed by atoms with Gasteiger partial charge in [0.2, 0.25) is 0 Å². The van der Waals surface area contributed by atoms with Gasteiger partial charge in [0.15, 0.2) is 0 Å². The van der Waals surface area contributed by atoms with Crippen LogP contribution in [0.2, 0.25) is 0 Å². The van der Waals surface area contributed by atoms with Gasteiger partial charge in [-0.3, -0.25) is 9.52 Å². The number of anilines is 1. The van der Waals surface area contributed by atoms with Gasteiger partial charge in [-0.2, -0.15) is 26.3 Å². The fraction of sp³-hybridized carbons (Fsp3) is 0.381. The standard InChI is InChI=1S/C21H20F6N2O3S/c22-20(23,24)14-3-1-5-16(11-14)28-19(30)13-7-9-18(10-8-13)33(31,32)29-17-6-2-4-15(12-17)21(25,26)27/h2,4,6-10,12,14,16,29H,1,3,5,11H2,(H,28,30). The molecular formula is C21H20F6N2O3S. The van der Waals surface area contributed by atoms with Crippen molar-refractivity contribution < 1.29 is 39.6 Å². The van der Waals surface area contributed by atoms with Crippen LogP contribution in [-0.4, -0.2) is 26.5 Å². The van der Waals surface area contributed by atoms with Crippen LogP contribution in [0, 0.1) is 5.92 Å². The van der Waals surface area contributed by atoms with E-state index in [0.717, 1.165) is 30.3 Å². The number of amides is 1. The maximum atomic E-state index is 12.9. The summed E-state index contributed by atoms with van der Waals surface area (Å²) in [5.41, 5.74) is -1.27. The number of alkyl halides is 6. The summed E-state index contributed by atoms with van der Waals surface area (Å²) in [4.78, 5) is 12.1. The van der Waals surface area contributed by atoms with Crippen LogP contribution in [-0.2, 0) is 16.2 Å². The fourth-order valence-corrected chi connectivity index (χ4v) is 4.69. The highest BCUT2D eigenvalue weighted by atomic mass is 32.2. The molecule has 2 aromatic rings. The van der Waals surface area contributed by atoms with Gasteiger partial charge in [0.1, 0.15) is 0 Å². The zero-order valence-corrected chi connectivity index (χ0v) is 17.8. The van der Waals surface area contributed by atoms with E-state index in [0.29, 0.717) is 18.9 Å². The third-order valence-electron chi connectivity index (χ3n) is 5.34. The smallest absolute Gasteiger partial charge is 0.349 e. The second-order valence-corrected chi connectivity index (χ2v) is 9.47. The van der Waals surface area contributed by atoms with E-state index in [1.54, 1.807) is 0 Å². The molecule has 2 atom stereocenters. The zero-order valence-electron chi connectivity index (χ0n) is 17.0. The minimum Gasteiger partial charge on any atom is -0.349 e. The van der Waals surface area contributed by atoms with E-state index in [1.807, 2.05) is 4.72 Å². The van der Waals surface area contributed by atoms with Crippen LogP contribution < -0.4 is 10.0 Å². The molecule has 0 aliphatic heterocycles. The molecule has 2 aromatic carbocycles. The summed E-state index contributed by atoms with van der Waals surface area (Å²) in [5.74, 6) is -2.12. The number of benzene rings is 2. The summed E-state index contributed by atoms with van der Waals surface area (Å²) in [6, 6.07) is 7.56. The number of carbonyl (C=O) groups excluding carboxylic acids is 1. The molecule has 5 nitrogen and oxygen atoms in total. The van der Waals surface area contributed by atoms with Crippen LogP contribution in [0.1, 0.15) is 41.6 Å². The number of hydrogen-bond donors (Lipinski definition) is 2. The van der Waals surface area contributed by atoms with Gasteiger partial charge in [0.05, 0.1) is 16.4 Å². The Morgan fingerprint density at radius 3 is 2.21 bits per heavy atom. The van der Waals surface area contributed by atoms with Gasteiger partial charge >= 0.3 is 12.4 Å². The first kappa shape index (κ1) is 24.9. The summed E-state index contributed by atoms with van der Waals surface area (Å²) in [7, 11) is -4.24. The van der Waals surface area contributed by atoms with E-state index in [-0.39, 0.29) is 29.0 Å². The maximum absolute atomic E-state index is 12.9. The van der Waals surface area contributed by atoms with E-state index in [4.69, 9.17) is 0 Å². The highest BCUT2D eigenvalue weighted by molar-refractivity contribution is 7.92. The monoisotopic (exact) mass is 494 g/mol. The lowest BCUT2D eigenvalue weighted by Gasteiger charge is -2.31. The van der Waals surface area contributed by atoms with Gasteiger partial charge in [-0.05, 0) is 61.7 Å². The molecule has 1 saturated carbocycles. The minimum atomic E-state index is -4.64. The van der Waals surface area contributed by atoms with Gasteiger partial charge in [-0.15, -0.1) is 0 Å². The molecule has 180 valence electrons. The van der Waals surface area contributed by atoms with Crippen LogP contribution in [0.3, 0.4) is 0 Å². The number of nitrogens with one attached hydrogen (secondary N) is 2. The maximum Gasteiger partial charge on any atom is 0.416 e. The lowest BCUT2D eigenvalue weighted by molar-refractivity contribution is -0.183. The quantitative estimate of drug-likeness (QED) is 0.550. The first-order valence-corrected chi connectivity index (χ1v) is 11.4. The van der Waals surface area contributed by atoms with Crippen LogP contribution in [0.15, 0.2) is 53.4 Å². The third kappa shape index (κ3) is 6.40. The Morgan fingerprint density at radius 2 is 1.61 bits per heavy atom. The van der Waals surface area contributed by atoms with E-state index < -0.39 is 45.8 Å². The molecule has 0 bridgehead atoms. The summed E-state index contributed by atoms with van der Waals surface area (Å²) in [6.45, 7) is 0. The van der Waals surface area contributed by atoms with Crippen molar-refractivity contribution in [2.75, 3.05) is 4.72 Å². The third-order valence-corrected chi connectivity index (χ3v) is 6.74. The number of hydrogen-bond acceptors (Lipinski definition) is 3. The first-order chi connectivity index (χ1) is 15.3. The van der Waals surface area contributed by atoms with Crippen LogP contribution in [0.25, 0.3) is 0 Å². The molecule has 1 fully saturated rings. The van der Waals surface area contributed by atoms with Crippen LogP contribution in [0.5, 0.6) is 0 Å². The molecule has 0 radical (unpaired) electrons. The van der Waals surface area contributed by atoms with E-state index in [1.165, 1.54) is 12.1 Å². The van der Waals surface area contributed by atoms with Crippen molar-refractivity contribution in [3.8, 4) is 0 Å². The molecule has 3 rings (SSSR count). The Balaban J connectivity index is 1.67. The number of carbonyl (C=O) groups is 1. The first-order valence-electron chi connectivity index (χ1n) is 9.93. The Kier molecular flexibility index (Phi) is 6.96. The lowest BCUT2D eigenvalue weighted by Crippen LogP contribution is -2.41. The predicted octanol–water partition coefficient (Wildman–Crippen LogP) is 5.36. The fourth-order valence-electron chi connectivity index (χ4n) is 3.65. The topological polar surface area (TPSA) is 75.3 Å². The number of rotatable bonds is 5. The van der Waals surface area contributed by atoms with E-state index in [9.17, 15) is 39.6 Å². The average molecular weight is 494 g/mol. The average Bonchev–Trinajstić information content (AvgIpc) is 2.73. The highest BCUT2D eigenvalue weighted by Gasteiger charge is 2.42. The Hall–Kier alpha value is -2.76. The van der Waals surface area contributed by atoms with E-state index >= 15 is 0 Å². The van der Waals surface area contributed by atoms with Crippen molar-refractivity contribution in [1.29, 1.82) is 0 Å². The molecule has 0 aromatic heterocycles. The Bertz CT molecular complexity index is 1100.